The summed E-state index contributed by atoms with van der Waals surface area (Å²) in [6, 6.07) is 8.14. The predicted molar refractivity (Wildman–Crippen MR) is 62.5 cm³/mol. The summed E-state index contributed by atoms with van der Waals surface area (Å²) >= 11 is 0. The smallest absolute Gasteiger partial charge is 0.241 e. The van der Waals surface area contributed by atoms with Crippen LogP contribution in [-0.4, -0.2) is 16.3 Å². The molecule has 2 aromatic rings. The van der Waals surface area contributed by atoms with E-state index in [-0.39, 0.29) is 0 Å². The molecule has 1 fully saturated rings. The Hall–Kier alpha value is -1.64. The van der Waals surface area contributed by atoms with Crippen LogP contribution in [0.4, 0.5) is 0 Å². The van der Waals surface area contributed by atoms with Crippen LogP contribution in [0.3, 0.4) is 0 Å². The molecule has 0 spiro atoms. The minimum atomic E-state index is 0.348. The summed E-state index contributed by atoms with van der Waals surface area (Å²) in [6.45, 7) is 1.97. The van der Waals surface area contributed by atoms with E-state index in [1.807, 2.05) is 25.1 Å². The van der Waals surface area contributed by atoms with Crippen molar-refractivity contribution in [3.05, 3.63) is 30.0 Å². The fourth-order valence-corrected chi connectivity index (χ4v) is 1.95. The molecule has 3 nitrogen and oxygen atoms in total. The molecule has 16 heavy (non-hydrogen) atoms. The van der Waals surface area contributed by atoms with Crippen LogP contribution in [0.5, 0.6) is 5.88 Å². The van der Waals surface area contributed by atoms with Gasteiger partial charge in [-0.2, -0.15) is 5.10 Å². The van der Waals surface area contributed by atoms with Gasteiger partial charge in [0.2, 0.25) is 5.88 Å². The second kappa shape index (κ2) is 3.74. The molecule has 1 aliphatic carbocycles. The third-order valence-electron chi connectivity index (χ3n) is 3.17. The molecule has 0 aliphatic heterocycles. The molecule has 3 rings (SSSR count). The van der Waals surface area contributed by atoms with Crippen molar-refractivity contribution in [2.24, 2.45) is 0 Å². The Morgan fingerprint density at radius 2 is 1.88 bits per heavy atom. The van der Waals surface area contributed by atoms with Crippen LogP contribution in [0.25, 0.3) is 10.8 Å². The molecule has 0 N–H and O–H groups in total. The third kappa shape index (κ3) is 1.52. The number of hydrogen-bond acceptors (Lipinski definition) is 3. The zero-order valence-corrected chi connectivity index (χ0v) is 9.31. The van der Waals surface area contributed by atoms with Crippen molar-refractivity contribution >= 4 is 10.8 Å². The van der Waals surface area contributed by atoms with E-state index in [0.717, 1.165) is 29.3 Å². The topological polar surface area (TPSA) is 35.0 Å². The summed E-state index contributed by atoms with van der Waals surface area (Å²) in [7, 11) is 0. The van der Waals surface area contributed by atoms with E-state index in [4.69, 9.17) is 4.74 Å². The molecule has 0 amide bonds. The SMILES string of the molecule is Cc1nnc(OC2CCC2)c2ccccc12. The molecule has 1 heterocycles. The first-order chi connectivity index (χ1) is 7.84. The molecule has 0 atom stereocenters. The lowest BCUT2D eigenvalue weighted by Gasteiger charge is -2.26. The molecular weight excluding hydrogens is 200 g/mol. The van der Waals surface area contributed by atoms with Crippen LogP contribution >= 0.6 is 0 Å². The molecule has 0 saturated heterocycles. The van der Waals surface area contributed by atoms with Crippen LogP contribution in [0.1, 0.15) is 25.0 Å². The van der Waals surface area contributed by atoms with Crippen LogP contribution < -0.4 is 4.74 Å². The minimum Gasteiger partial charge on any atom is -0.473 e. The van der Waals surface area contributed by atoms with Crippen molar-refractivity contribution in [1.29, 1.82) is 0 Å². The highest BCUT2D eigenvalue weighted by Crippen LogP contribution is 2.29. The monoisotopic (exact) mass is 214 g/mol. The van der Waals surface area contributed by atoms with Crippen molar-refractivity contribution in [2.45, 2.75) is 32.3 Å². The fraction of sp³-hybridized carbons (Fsp3) is 0.385. The summed E-state index contributed by atoms with van der Waals surface area (Å²) < 4.78 is 5.84. The number of nitrogens with zero attached hydrogens (tertiary/aromatic N) is 2. The molecule has 1 aromatic heterocycles. The van der Waals surface area contributed by atoms with Crippen molar-refractivity contribution in [2.75, 3.05) is 0 Å². The summed E-state index contributed by atoms with van der Waals surface area (Å²) in [5, 5.41) is 10.5. The van der Waals surface area contributed by atoms with Crippen LogP contribution in [0.2, 0.25) is 0 Å². The molecular formula is C13H14N2O. The number of rotatable bonds is 2. The van der Waals surface area contributed by atoms with Crippen molar-refractivity contribution in [3.8, 4) is 5.88 Å². The van der Waals surface area contributed by atoms with Crippen LogP contribution in [0.15, 0.2) is 24.3 Å². The molecule has 1 saturated carbocycles. The highest BCUT2D eigenvalue weighted by atomic mass is 16.5. The van der Waals surface area contributed by atoms with Gasteiger partial charge in [0.1, 0.15) is 6.10 Å². The zero-order chi connectivity index (χ0) is 11.0. The second-order valence-corrected chi connectivity index (χ2v) is 4.31. The first-order valence-electron chi connectivity index (χ1n) is 5.73. The van der Waals surface area contributed by atoms with Gasteiger partial charge in [-0.3, -0.25) is 0 Å². The number of aryl methyl sites for hydroxylation is 1. The van der Waals surface area contributed by atoms with Gasteiger partial charge < -0.3 is 4.74 Å². The maximum Gasteiger partial charge on any atom is 0.241 e. The standard InChI is InChI=1S/C13H14N2O/c1-9-11-7-2-3-8-12(11)13(15-14-9)16-10-5-4-6-10/h2-3,7-8,10H,4-6H2,1H3. The molecule has 3 heteroatoms. The number of benzene rings is 1. The van der Waals surface area contributed by atoms with Gasteiger partial charge in [0.15, 0.2) is 0 Å². The number of aromatic nitrogens is 2. The maximum atomic E-state index is 5.84. The van der Waals surface area contributed by atoms with Crippen molar-refractivity contribution in [1.82, 2.24) is 10.2 Å². The van der Waals surface area contributed by atoms with Gasteiger partial charge in [0.05, 0.1) is 5.69 Å². The summed E-state index contributed by atoms with van der Waals surface area (Å²) in [4.78, 5) is 0. The van der Waals surface area contributed by atoms with Gasteiger partial charge in [-0.25, -0.2) is 0 Å². The lowest BCUT2D eigenvalue weighted by atomic mass is 9.96. The maximum absolute atomic E-state index is 5.84. The van der Waals surface area contributed by atoms with Gasteiger partial charge in [-0.05, 0) is 32.3 Å². The van der Waals surface area contributed by atoms with E-state index in [1.165, 1.54) is 6.42 Å². The minimum absolute atomic E-state index is 0.348. The predicted octanol–water partition coefficient (Wildman–Crippen LogP) is 2.87. The van der Waals surface area contributed by atoms with Crippen LogP contribution in [-0.2, 0) is 0 Å². The molecule has 0 unspecified atom stereocenters. The van der Waals surface area contributed by atoms with E-state index in [1.54, 1.807) is 0 Å². The Morgan fingerprint density at radius 1 is 1.12 bits per heavy atom. The summed E-state index contributed by atoms with van der Waals surface area (Å²) in [6.07, 6.45) is 3.90. The number of hydrogen-bond donors (Lipinski definition) is 0. The number of fused-ring (bicyclic) bond motifs is 1. The highest BCUT2D eigenvalue weighted by molar-refractivity contribution is 5.88. The third-order valence-corrected chi connectivity index (χ3v) is 3.17. The Balaban J connectivity index is 2.06. The average Bonchev–Trinajstić information content (AvgIpc) is 2.26. The van der Waals surface area contributed by atoms with E-state index >= 15 is 0 Å². The zero-order valence-electron chi connectivity index (χ0n) is 9.31. The van der Waals surface area contributed by atoms with Crippen LogP contribution in [0, 0.1) is 6.92 Å². The normalized spacial score (nSPS) is 16.1. The average molecular weight is 214 g/mol. The van der Waals surface area contributed by atoms with E-state index < -0.39 is 0 Å². The van der Waals surface area contributed by atoms with Crippen molar-refractivity contribution < 1.29 is 4.74 Å². The first-order valence-corrected chi connectivity index (χ1v) is 5.73. The van der Waals surface area contributed by atoms with Gasteiger partial charge in [0.25, 0.3) is 0 Å². The van der Waals surface area contributed by atoms with Gasteiger partial charge in [0, 0.05) is 10.8 Å². The Morgan fingerprint density at radius 3 is 2.56 bits per heavy atom. The molecule has 0 bridgehead atoms. The highest BCUT2D eigenvalue weighted by Gasteiger charge is 2.21. The summed E-state index contributed by atoms with van der Waals surface area (Å²) in [5.74, 6) is 0.686. The molecule has 1 aliphatic rings. The van der Waals surface area contributed by atoms with E-state index in [9.17, 15) is 0 Å². The Kier molecular flexibility index (Phi) is 2.24. The van der Waals surface area contributed by atoms with Crippen molar-refractivity contribution in [3.63, 3.8) is 0 Å². The number of ether oxygens (including phenoxy) is 1. The largest absolute Gasteiger partial charge is 0.473 e. The molecule has 82 valence electrons. The Labute approximate surface area is 94.5 Å². The lowest BCUT2D eigenvalue weighted by molar-refractivity contribution is 0.115. The molecule has 0 radical (unpaired) electrons. The second-order valence-electron chi connectivity index (χ2n) is 4.31. The van der Waals surface area contributed by atoms with E-state index in [2.05, 4.69) is 16.3 Å². The van der Waals surface area contributed by atoms with E-state index in [0.29, 0.717) is 12.0 Å². The summed E-state index contributed by atoms with van der Waals surface area (Å²) in [5.41, 5.74) is 0.955. The quantitative estimate of drug-likeness (QED) is 0.771. The lowest BCUT2D eigenvalue weighted by Crippen LogP contribution is -2.25. The van der Waals surface area contributed by atoms with Gasteiger partial charge in [-0.1, -0.05) is 18.2 Å². The first kappa shape index (κ1) is 9.58. The molecule has 1 aromatic carbocycles. The van der Waals surface area contributed by atoms with Gasteiger partial charge in [-0.15, -0.1) is 5.10 Å². The van der Waals surface area contributed by atoms with Gasteiger partial charge >= 0.3 is 0 Å². The Bertz CT molecular complexity index is 520. The fourth-order valence-electron chi connectivity index (χ4n) is 1.95.